The smallest absolute Gasteiger partial charge is 0.227 e. The quantitative estimate of drug-likeness (QED) is 0.540. The fraction of sp³-hybridized carbons (Fsp3) is 0.0625. The second-order valence-corrected chi connectivity index (χ2v) is 5.62. The molecule has 106 valence electrons. The number of rotatable bonds is 3. The Morgan fingerprint density at radius 3 is 2.38 bits per heavy atom. The second-order valence-electron chi connectivity index (χ2n) is 4.48. The van der Waals surface area contributed by atoms with Crippen LogP contribution in [0.2, 0.25) is 10.0 Å². The van der Waals surface area contributed by atoms with Crippen molar-refractivity contribution in [2.45, 2.75) is 5.88 Å². The first-order chi connectivity index (χ1) is 10.2. The molecule has 3 aromatic rings. The molecule has 0 aliphatic heterocycles. The van der Waals surface area contributed by atoms with Crippen molar-refractivity contribution in [2.24, 2.45) is 0 Å². The Morgan fingerprint density at radius 1 is 0.952 bits per heavy atom. The van der Waals surface area contributed by atoms with Gasteiger partial charge in [-0.25, -0.2) is 4.98 Å². The largest absolute Gasteiger partial charge is 0.438 e. The highest BCUT2D eigenvalue weighted by Gasteiger charge is 2.09. The maximum absolute atomic E-state index is 5.99. The summed E-state index contributed by atoms with van der Waals surface area (Å²) in [5, 5.41) is 2.94. The summed E-state index contributed by atoms with van der Waals surface area (Å²) in [4.78, 5) is 4.43. The van der Waals surface area contributed by atoms with Gasteiger partial charge < -0.3 is 4.74 Å². The molecule has 0 saturated carbocycles. The van der Waals surface area contributed by atoms with Gasteiger partial charge in [0.25, 0.3) is 0 Å². The number of benzene rings is 2. The van der Waals surface area contributed by atoms with E-state index in [1.165, 1.54) is 0 Å². The predicted octanol–water partition coefficient (Wildman–Crippen LogP) is 6.07. The lowest BCUT2D eigenvalue weighted by Crippen LogP contribution is -1.94. The van der Waals surface area contributed by atoms with Gasteiger partial charge in [0.15, 0.2) is 0 Å². The molecule has 0 unspecified atom stereocenters. The van der Waals surface area contributed by atoms with Crippen LogP contribution in [0.4, 0.5) is 0 Å². The van der Waals surface area contributed by atoms with Crippen LogP contribution in [0.15, 0.2) is 48.5 Å². The number of aromatic nitrogens is 1. The van der Waals surface area contributed by atoms with Gasteiger partial charge in [-0.15, -0.1) is 11.6 Å². The van der Waals surface area contributed by atoms with Crippen molar-refractivity contribution in [1.82, 2.24) is 4.98 Å². The van der Waals surface area contributed by atoms with Crippen LogP contribution in [-0.4, -0.2) is 4.98 Å². The molecule has 0 N–H and O–H groups in total. The second kappa shape index (κ2) is 6.10. The highest BCUT2D eigenvalue weighted by molar-refractivity contribution is 6.34. The molecule has 2 nitrogen and oxygen atoms in total. The summed E-state index contributed by atoms with van der Waals surface area (Å²) >= 11 is 17.9. The molecule has 0 fully saturated rings. The number of pyridine rings is 1. The average Bonchev–Trinajstić information content (AvgIpc) is 2.46. The molecule has 0 aliphatic carbocycles. The Morgan fingerprint density at radius 2 is 1.67 bits per heavy atom. The minimum absolute atomic E-state index is 0.317. The van der Waals surface area contributed by atoms with Crippen molar-refractivity contribution in [3.05, 3.63) is 64.3 Å². The molecule has 0 amide bonds. The number of halogens is 3. The third-order valence-corrected chi connectivity index (χ3v) is 3.66. The fourth-order valence-electron chi connectivity index (χ4n) is 2.07. The van der Waals surface area contributed by atoms with Crippen LogP contribution in [0.3, 0.4) is 0 Å². The summed E-state index contributed by atoms with van der Waals surface area (Å²) in [5.41, 5.74) is 0.749. The molecule has 0 saturated heterocycles. The van der Waals surface area contributed by atoms with Gasteiger partial charge in [0.2, 0.25) is 5.88 Å². The number of fused-ring (bicyclic) bond motifs is 1. The third-order valence-electron chi connectivity index (χ3n) is 2.95. The van der Waals surface area contributed by atoms with E-state index < -0.39 is 0 Å². The molecule has 0 bridgehead atoms. The third kappa shape index (κ3) is 3.24. The van der Waals surface area contributed by atoms with Gasteiger partial charge in [0.05, 0.1) is 11.6 Å². The van der Waals surface area contributed by atoms with Gasteiger partial charge in [-0.1, -0.05) is 41.4 Å². The van der Waals surface area contributed by atoms with Gasteiger partial charge in [0, 0.05) is 15.4 Å². The van der Waals surface area contributed by atoms with Crippen LogP contribution in [0.1, 0.15) is 5.69 Å². The normalized spacial score (nSPS) is 10.8. The van der Waals surface area contributed by atoms with Crippen LogP contribution in [0.25, 0.3) is 10.8 Å². The zero-order chi connectivity index (χ0) is 14.8. The fourth-order valence-corrected chi connectivity index (χ4v) is 2.71. The van der Waals surface area contributed by atoms with Crippen molar-refractivity contribution >= 4 is 45.6 Å². The van der Waals surface area contributed by atoms with E-state index in [0.29, 0.717) is 27.6 Å². The highest BCUT2D eigenvalue weighted by Crippen LogP contribution is 2.32. The van der Waals surface area contributed by atoms with E-state index in [1.54, 1.807) is 18.2 Å². The van der Waals surface area contributed by atoms with Crippen LogP contribution in [0.5, 0.6) is 11.6 Å². The maximum Gasteiger partial charge on any atom is 0.227 e. The lowest BCUT2D eigenvalue weighted by molar-refractivity contribution is 0.468. The van der Waals surface area contributed by atoms with E-state index in [4.69, 9.17) is 39.5 Å². The van der Waals surface area contributed by atoms with Gasteiger partial charge in [-0.05, 0) is 35.7 Å². The van der Waals surface area contributed by atoms with Crippen LogP contribution < -0.4 is 4.74 Å². The molecule has 0 aliphatic rings. The van der Waals surface area contributed by atoms with E-state index in [2.05, 4.69) is 4.98 Å². The monoisotopic (exact) mass is 337 g/mol. The lowest BCUT2D eigenvalue weighted by atomic mass is 10.1. The number of hydrogen-bond donors (Lipinski definition) is 0. The summed E-state index contributed by atoms with van der Waals surface area (Å²) in [5.74, 6) is 1.34. The first-order valence-corrected chi connectivity index (χ1v) is 7.53. The number of nitrogens with zero attached hydrogens (tertiary/aromatic N) is 1. The number of alkyl halides is 1. The molecule has 0 atom stereocenters. The van der Waals surface area contributed by atoms with E-state index in [-0.39, 0.29) is 0 Å². The Kier molecular flexibility index (Phi) is 4.20. The summed E-state index contributed by atoms with van der Waals surface area (Å²) < 4.78 is 5.86. The summed E-state index contributed by atoms with van der Waals surface area (Å²) in [6.07, 6.45) is 0. The lowest BCUT2D eigenvalue weighted by Gasteiger charge is -2.10. The minimum atomic E-state index is 0.317. The van der Waals surface area contributed by atoms with Crippen molar-refractivity contribution in [1.29, 1.82) is 0 Å². The van der Waals surface area contributed by atoms with Gasteiger partial charge in [-0.2, -0.15) is 0 Å². The molecule has 3 rings (SSSR count). The molecule has 1 aromatic heterocycles. The summed E-state index contributed by atoms with van der Waals surface area (Å²) in [7, 11) is 0. The Balaban J connectivity index is 2.10. The number of ether oxygens (including phenoxy) is 1. The highest BCUT2D eigenvalue weighted by atomic mass is 35.5. The van der Waals surface area contributed by atoms with E-state index in [9.17, 15) is 0 Å². The van der Waals surface area contributed by atoms with Crippen LogP contribution in [-0.2, 0) is 5.88 Å². The van der Waals surface area contributed by atoms with Crippen molar-refractivity contribution in [3.63, 3.8) is 0 Å². The molecule has 1 heterocycles. The SMILES string of the molecule is ClCc1cc2ccccc2c(Oc2cc(Cl)cc(Cl)c2)n1. The first kappa shape index (κ1) is 14.5. The maximum atomic E-state index is 5.99. The zero-order valence-corrected chi connectivity index (χ0v) is 13.1. The van der Waals surface area contributed by atoms with Crippen molar-refractivity contribution in [2.75, 3.05) is 0 Å². The van der Waals surface area contributed by atoms with Gasteiger partial charge >= 0.3 is 0 Å². The predicted molar refractivity (Wildman–Crippen MR) is 87.8 cm³/mol. The summed E-state index contributed by atoms with van der Waals surface area (Å²) in [6, 6.07) is 14.8. The van der Waals surface area contributed by atoms with E-state index in [1.807, 2.05) is 30.3 Å². The molecule has 0 radical (unpaired) electrons. The van der Waals surface area contributed by atoms with Crippen LogP contribution >= 0.6 is 34.8 Å². The standard InChI is InChI=1S/C16H10Cl3NO/c17-9-13-5-10-3-1-2-4-15(10)16(20-13)21-14-7-11(18)6-12(19)8-14/h1-8H,9H2. The minimum Gasteiger partial charge on any atom is -0.438 e. The molecule has 2 aromatic carbocycles. The van der Waals surface area contributed by atoms with E-state index >= 15 is 0 Å². The topological polar surface area (TPSA) is 22.1 Å². The molecular weight excluding hydrogens is 329 g/mol. The zero-order valence-electron chi connectivity index (χ0n) is 10.8. The van der Waals surface area contributed by atoms with Crippen LogP contribution in [0, 0.1) is 0 Å². The van der Waals surface area contributed by atoms with Crippen molar-refractivity contribution in [3.8, 4) is 11.6 Å². The number of hydrogen-bond acceptors (Lipinski definition) is 2. The average molecular weight is 339 g/mol. The molecule has 5 heteroatoms. The molecule has 21 heavy (non-hydrogen) atoms. The Hall–Kier alpha value is -1.48. The first-order valence-electron chi connectivity index (χ1n) is 6.24. The van der Waals surface area contributed by atoms with E-state index in [0.717, 1.165) is 16.5 Å². The summed E-state index contributed by atoms with van der Waals surface area (Å²) in [6.45, 7) is 0. The Bertz CT molecular complexity index is 784. The Labute approximate surface area is 137 Å². The van der Waals surface area contributed by atoms with Crippen molar-refractivity contribution < 1.29 is 4.74 Å². The molecular formula is C16H10Cl3NO. The van der Waals surface area contributed by atoms with Gasteiger partial charge in [-0.3, -0.25) is 0 Å². The van der Waals surface area contributed by atoms with Gasteiger partial charge in [0.1, 0.15) is 5.75 Å². The molecule has 0 spiro atoms.